The number of likely N-dealkylation sites (N-methyl/N-ethyl adjacent to an activating group) is 1. The number of nitrogens with zero attached hydrogens (tertiary/aromatic N) is 2. The summed E-state index contributed by atoms with van der Waals surface area (Å²) < 4.78 is 2.24. The average Bonchev–Trinajstić information content (AvgIpc) is 3.08. The Kier molecular flexibility index (Phi) is 4.43. The van der Waals surface area contributed by atoms with Crippen molar-refractivity contribution in [3.8, 4) is 0 Å². The Hall–Kier alpha value is -1.26. The van der Waals surface area contributed by atoms with Gasteiger partial charge in [-0.25, -0.2) is 4.98 Å². The molecule has 2 heterocycles. The summed E-state index contributed by atoms with van der Waals surface area (Å²) in [6.07, 6.45) is 5.19. The normalized spacial score (nSPS) is 17.4. The molecular weight excluding hydrogens is 266 g/mol. The molecule has 0 aliphatic carbocycles. The number of benzene rings is 1. The third kappa shape index (κ3) is 3.07. The van der Waals surface area contributed by atoms with Crippen molar-refractivity contribution in [2.24, 2.45) is 0 Å². The van der Waals surface area contributed by atoms with Crippen molar-refractivity contribution < 1.29 is 0 Å². The minimum absolute atomic E-state index is 0.618. The molecule has 1 unspecified atom stereocenters. The summed E-state index contributed by atoms with van der Waals surface area (Å²) in [5, 5.41) is 3.34. The van der Waals surface area contributed by atoms with Crippen molar-refractivity contribution in [2.75, 3.05) is 18.8 Å². The van der Waals surface area contributed by atoms with Gasteiger partial charge in [-0.1, -0.05) is 25.1 Å². The predicted molar refractivity (Wildman–Crippen MR) is 84.4 cm³/mol. The summed E-state index contributed by atoms with van der Waals surface area (Å²) in [7, 11) is 0. The molecule has 1 N–H and O–H groups in total. The first-order valence-electron chi connectivity index (χ1n) is 7.30. The molecule has 20 heavy (non-hydrogen) atoms. The molecule has 0 amide bonds. The van der Waals surface area contributed by atoms with Gasteiger partial charge in [-0.15, -0.1) is 11.8 Å². The number of imidazole rings is 1. The Bertz CT molecular complexity index is 564. The van der Waals surface area contributed by atoms with Crippen LogP contribution in [0.1, 0.15) is 24.1 Å². The maximum absolute atomic E-state index is 4.50. The molecule has 3 nitrogen and oxygen atoms in total. The van der Waals surface area contributed by atoms with Crippen molar-refractivity contribution in [3.63, 3.8) is 0 Å². The van der Waals surface area contributed by atoms with Crippen LogP contribution < -0.4 is 5.32 Å². The molecule has 1 aliphatic rings. The molecule has 0 saturated carbocycles. The van der Waals surface area contributed by atoms with Crippen LogP contribution in [0.25, 0.3) is 0 Å². The smallest absolute Gasteiger partial charge is 0.0949 e. The zero-order chi connectivity index (χ0) is 13.8. The van der Waals surface area contributed by atoms with Gasteiger partial charge in [0.15, 0.2) is 0 Å². The third-order valence-corrected chi connectivity index (χ3v) is 4.98. The number of nitrogens with one attached hydrogen (secondary N) is 1. The van der Waals surface area contributed by atoms with E-state index in [0.717, 1.165) is 26.1 Å². The number of hydrogen-bond acceptors (Lipinski definition) is 3. The van der Waals surface area contributed by atoms with Gasteiger partial charge in [0.1, 0.15) is 0 Å². The van der Waals surface area contributed by atoms with Crippen molar-refractivity contribution in [2.45, 2.75) is 30.7 Å². The first-order valence-corrected chi connectivity index (χ1v) is 8.28. The van der Waals surface area contributed by atoms with Crippen LogP contribution in [0.4, 0.5) is 0 Å². The molecule has 2 aromatic rings. The van der Waals surface area contributed by atoms with Crippen molar-refractivity contribution >= 4 is 11.8 Å². The van der Waals surface area contributed by atoms with Crippen LogP contribution >= 0.6 is 11.8 Å². The standard InChI is InChI=1S/C16H21N3S/c1-2-17-8-7-14-10-19(12-18-14)9-13-11-20-16-6-4-3-5-15(13)16/h3-6,10,12-13,17H,2,7-9,11H2,1H3. The van der Waals surface area contributed by atoms with Crippen molar-refractivity contribution in [1.29, 1.82) is 0 Å². The minimum atomic E-state index is 0.618. The predicted octanol–water partition coefficient (Wildman–Crippen LogP) is 2.92. The molecule has 0 saturated heterocycles. The highest BCUT2D eigenvalue weighted by molar-refractivity contribution is 7.99. The molecule has 0 bridgehead atoms. The van der Waals surface area contributed by atoms with Gasteiger partial charge in [-0.3, -0.25) is 0 Å². The highest BCUT2D eigenvalue weighted by Gasteiger charge is 2.22. The van der Waals surface area contributed by atoms with Crippen LogP contribution in [0.3, 0.4) is 0 Å². The molecule has 0 spiro atoms. The second-order valence-electron chi connectivity index (χ2n) is 5.21. The molecular formula is C16H21N3S. The van der Waals surface area contributed by atoms with Crippen LogP contribution in [0.2, 0.25) is 0 Å². The monoisotopic (exact) mass is 287 g/mol. The van der Waals surface area contributed by atoms with Crippen LogP contribution in [-0.2, 0) is 13.0 Å². The topological polar surface area (TPSA) is 29.9 Å². The van der Waals surface area contributed by atoms with Gasteiger partial charge in [-0.2, -0.15) is 0 Å². The van der Waals surface area contributed by atoms with Gasteiger partial charge < -0.3 is 9.88 Å². The van der Waals surface area contributed by atoms with Crippen molar-refractivity contribution in [3.05, 3.63) is 48.0 Å². The molecule has 3 rings (SSSR count). The van der Waals surface area contributed by atoms with E-state index in [2.05, 4.69) is 52.3 Å². The van der Waals surface area contributed by atoms with Gasteiger partial charge >= 0.3 is 0 Å². The van der Waals surface area contributed by atoms with E-state index in [9.17, 15) is 0 Å². The second-order valence-corrected chi connectivity index (χ2v) is 6.27. The lowest BCUT2D eigenvalue weighted by Gasteiger charge is -2.11. The van der Waals surface area contributed by atoms with Crippen LogP contribution in [0.15, 0.2) is 41.7 Å². The maximum atomic E-state index is 4.50. The summed E-state index contributed by atoms with van der Waals surface area (Å²) in [6, 6.07) is 8.77. The fraction of sp³-hybridized carbons (Fsp3) is 0.438. The fourth-order valence-electron chi connectivity index (χ4n) is 2.66. The average molecular weight is 287 g/mol. The van der Waals surface area contributed by atoms with Gasteiger partial charge in [0.05, 0.1) is 12.0 Å². The highest BCUT2D eigenvalue weighted by Crippen LogP contribution is 2.39. The summed E-state index contributed by atoms with van der Waals surface area (Å²) >= 11 is 1.98. The molecule has 1 atom stereocenters. The van der Waals surface area contributed by atoms with Crippen LogP contribution in [0, 0.1) is 0 Å². The van der Waals surface area contributed by atoms with E-state index >= 15 is 0 Å². The Morgan fingerprint density at radius 3 is 3.20 bits per heavy atom. The Morgan fingerprint density at radius 1 is 1.40 bits per heavy atom. The van der Waals surface area contributed by atoms with Crippen LogP contribution in [0.5, 0.6) is 0 Å². The van der Waals surface area contributed by atoms with E-state index in [-0.39, 0.29) is 0 Å². The molecule has 0 radical (unpaired) electrons. The zero-order valence-corrected chi connectivity index (χ0v) is 12.7. The molecule has 1 aromatic heterocycles. The lowest BCUT2D eigenvalue weighted by Crippen LogP contribution is -2.16. The van der Waals surface area contributed by atoms with Crippen molar-refractivity contribution in [1.82, 2.24) is 14.9 Å². The van der Waals surface area contributed by atoms with E-state index in [1.807, 2.05) is 18.1 Å². The maximum Gasteiger partial charge on any atom is 0.0949 e. The first-order chi connectivity index (χ1) is 9.86. The molecule has 106 valence electrons. The van der Waals surface area contributed by atoms with Gasteiger partial charge in [0, 0.05) is 42.3 Å². The first kappa shape index (κ1) is 13.7. The van der Waals surface area contributed by atoms with Crippen LogP contribution in [-0.4, -0.2) is 28.4 Å². The summed E-state index contributed by atoms with van der Waals surface area (Å²) in [5.41, 5.74) is 2.69. The highest BCUT2D eigenvalue weighted by atomic mass is 32.2. The van der Waals surface area contributed by atoms with E-state index < -0.39 is 0 Å². The Labute approximate surface area is 124 Å². The molecule has 1 aliphatic heterocycles. The fourth-order valence-corrected chi connectivity index (χ4v) is 3.91. The lowest BCUT2D eigenvalue weighted by atomic mass is 10.0. The number of aromatic nitrogens is 2. The number of thioether (sulfide) groups is 1. The molecule has 4 heteroatoms. The number of fused-ring (bicyclic) bond motifs is 1. The summed E-state index contributed by atoms with van der Waals surface area (Å²) in [6.45, 7) is 5.21. The second kappa shape index (κ2) is 6.46. The number of hydrogen-bond donors (Lipinski definition) is 1. The summed E-state index contributed by atoms with van der Waals surface area (Å²) in [5.74, 6) is 1.80. The van der Waals surface area contributed by atoms with E-state index in [1.165, 1.54) is 21.9 Å². The summed E-state index contributed by atoms with van der Waals surface area (Å²) in [4.78, 5) is 5.95. The quantitative estimate of drug-likeness (QED) is 0.829. The lowest BCUT2D eigenvalue weighted by molar-refractivity contribution is 0.604. The minimum Gasteiger partial charge on any atom is -0.337 e. The third-order valence-electron chi connectivity index (χ3n) is 3.72. The molecule has 1 aromatic carbocycles. The van der Waals surface area contributed by atoms with Gasteiger partial charge in [-0.05, 0) is 18.2 Å². The Morgan fingerprint density at radius 2 is 2.30 bits per heavy atom. The SMILES string of the molecule is CCNCCc1cn(CC2CSc3ccccc32)cn1. The zero-order valence-electron chi connectivity index (χ0n) is 11.9. The Balaban J connectivity index is 1.62. The largest absolute Gasteiger partial charge is 0.337 e. The van der Waals surface area contributed by atoms with E-state index in [4.69, 9.17) is 0 Å². The number of rotatable bonds is 6. The van der Waals surface area contributed by atoms with Gasteiger partial charge in [0.25, 0.3) is 0 Å². The molecule has 0 fully saturated rings. The van der Waals surface area contributed by atoms with E-state index in [1.54, 1.807) is 0 Å². The van der Waals surface area contributed by atoms with Gasteiger partial charge in [0.2, 0.25) is 0 Å². The van der Waals surface area contributed by atoms with E-state index in [0.29, 0.717) is 5.92 Å².